The van der Waals surface area contributed by atoms with E-state index in [2.05, 4.69) is 6.58 Å². The molecule has 2 aromatic carbocycles. The van der Waals surface area contributed by atoms with Crippen molar-refractivity contribution in [2.45, 2.75) is 13.8 Å². The van der Waals surface area contributed by atoms with Crippen LogP contribution >= 0.6 is 0 Å². The number of rotatable bonds is 4. The van der Waals surface area contributed by atoms with Crippen molar-refractivity contribution in [1.29, 1.82) is 0 Å². The first kappa shape index (κ1) is 13.9. The second-order valence-electron chi connectivity index (χ2n) is 4.37. The number of hydrogen-bond acceptors (Lipinski definition) is 4. The number of benzene rings is 2. The van der Waals surface area contributed by atoms with Crippen LogP contribution in [0.5, 0.6) is 17.2 Å². The molecule has 0 fully saturated rings. The highest BCUT2D eigenvalue weighted by molar-refractivity contribution is 5.98. The third-order valence-electron chi connectivity index (χ3n) is 2.78. The predicted molar refractivity (Wildman–Crippen MR) is 77.2 cm³/mol. The molecule has 4 heteroatoms. The number of ether oxygens (including phenoxy) is 2. The van der Waals surface area contributed by atoms with E-state index in [0.717, 1.165) is 5.39 Å². The zero-order chi connectivity index (χ0) is 14.7. The average molecular weight is 272 g/mol. The van der Waals surface area contributed by atoms with E-state index in [-0.39, 0.29) is 17.1 Å². The Bertz CT molecular complexity index is 673. The van der Waals surface area contributed by atoms with E-state index in [4.69, 9.17) is 9.47 Å². The Labute approximate surface area is 117 Å². The SMILES string of the molecule is C=C(C)C(=O)Oc1c(O)cc(OCC)c2ccccc12. The number of carbonyl (C=O) groups excluding carboxylic acids is 1. The van der Waals surface area contributed by atoms with Crippen LogP contribution in [-0.4, -0.2) is 17.7 Å². The second-order valence-corrected chi connectivity index (χ2v) is 4.37. The largest absolute Gasteiger partial charge is 0.504 e. The summed E-state index contributed by atoms with van der Waals surface area (Å²) in [5.74, 6) is -0.0378. The number of esters is 1. The highest BCUT2D eigenvalue weighted by atomic mass is 16.5. The molecule has 0 saturated heterocycles. The Morgan fingerprint density at radius 2 is 1.95 bits per heavy atom. The van der Waals surface area contributed by atoms with E-state index in [1.807, 2.05) is 19.1 Å². The van der Waals surface area contributed by atoms with E-state index in [9.17, 15) is 9.90 Å². The molecule has 0 saturated carbocycles. The number of hydrogen-bond donors (Lipinski definition) is 1. The summed E-state index contributed by atoms with van der Waals surface area (Å²) in [6.07, 6.45) is 0. The lowest BCUT2D eigenvalue weighted by atomic mass is 10.1. The molecule has 0 atom stereocenters. The quantitative estimate of drug-likeness (QED) is 0.526. The van der Waals surface area contributed by atoms with Crippen LogP contribution in [0.1, 0.15) is 13.8 Å². The number of phenols is 1. The number of aromatic hydroxyl groups is 1. The van der Waals surface area contributed by atoms with Crippen LogP contribution in [0.4, 0.5) is 0 Å². The first-order valence-electron chi connectivity index (χ1n) is 6.29. The minimum atomic E-state index is -0.574. The van der Waals surface area contributed by atoms with Crippen molar-refractivity contribution in [2.24, 2.45) is 0 Å². The maximum absolute atomic E-state index is 11.7. The maximum Gasteiger partial charge on any atom is 0.338 e. The molecule has 0 spiro atoms. The van der Waals surface area contributed by atoms with Gasteiger partial charge >= 0.3 is 5.97 Å². The summed E-state index contributed by atoms with van der Waals surface area (Å²) >= 11 is 0. The van der Waals surface area contributed by atoms with Gasteiger partial charge in [-0.15, -0.1) is 0 Å². The molecule has 1 N–H and O–H groups in total. The molecule has 0 radical (unpaired) electrons. The third kappa shape index (κ3) is 2.59. The molecule has 104 valence electrons. The minimum absolute atomic E-state index is 0.122. The summed E-state index contributed by atoms with van der Waals surface area (Å²) in [4.78, 5) is 11.7. The van der Waals surface area contributed by atoms with Crippen LogP contribution in [0.15, 0.2) is 42.5 Å². The van der Waals surface area contributed by atoms with Crippen molar-refractivity contribution >= 4 is 16.7 Å². The van der Waals surface area contributed by atoms with Gasteiger partial charge in [-0.25, -0.2) is 4.79 Å². The van der Waals surface area contributed by atoms with Gasteiger partial charge in [-0.3, -0.25) is 0 Å². The summed E-state index contributed by atoms with van der Waals surface area (Å²) in [7, 11) is 0. The fourth-order valence-corrected chi connectivity index (χ4v) is 1.86. The van der Waals surface area contributed by atoms with Gasteiger partial charge in [0.05, 0.1) is 6.61 Å². The van der Waals surface area contributed by atoms with E-state index in [0.29, 0.717) is 17.7 Å². The Balaban J connectivity index is 2.60. The second kappa shape index (κ2) is 5.65. The van der Waals surface area contributed by atoms with Crippen molar-refractivity contribution in [3.8, 4) is 17.2 Å². The third-order valence-corrected chi connectivity index (χ3v) is 2.78. The van der Waals surface area contributed by atoms with Crippen LogP contribution < -0.4 is 9.47 Å². The number of phenolic OH excluding ortho intramolecular Hbond substituents is 1. The van der Waals surface area contributed by atoms with Crippen molar-refractivity contribution in [2.75, 3.05) is 6.61 Å². The van der Waals surface area contributed by atoms with Gasteiger partial charge in [0.2, 0.25) is 0 Å². The monoisotopic (exact) mass is 272 g/mol. The zero-order valence-corrected chi connectivity index (χ0v) is 11.5. The van der Waals surface area contributed by atoms with Crippen LogP contribution in [0.3, 0.4) is 0 Å². The molecule has 2 aromatic rings. The van der Waals surface area contributed by atoms with E-state index in [1.54, 1.807) is 19.1 Å². The van der Waals surface area contributed by atoms with Crippen molar-refractivity contribution in [1.82, 2.24) is 0 Å². The lowest BCUT2D eigenvalue weighted by Crippen LogP contribution is -2.09. The fraction of sp³-hybridized carbons (Fsp3) is 0.188. The van der Waals surface area contributed by atoms with Crippen molar-refractivity contribution in [3.63, 3.8) is 0 Å². The predicted octanol–water partition coefficient (Wildman–Crippen LogP) is 3.43. The maximum atomic E-state index is 11.7. The molecule has 0 amide bonds. The van der Waals surface area contributed by atoms with Gasteiger partial charge in [-0.05, 0) is 13.8 Å². The summed E-state index contributed by atoms with van der Waals surface area (Å²) in [5.41, 5.74) is 0.266. The van der Waals surface area contributed by atoms with E-state index >= 15 is 0 Å². The van der Waals surface area contributed by atoms with E-state index < -0.39 is 5.97 Å². The molecule has 0 aliphatic heterocycles. The Kier molecular flexibility index (Phi) is 3.94. The molecule has 0 bridgehead atoms. The van der Waals surface area contributed by atoms with Gasteiger partial charge in [0.1, 0.15) is 5.75 Å². The first-order valence-corrected chi connectivity index (χ1v) is 6.29. The molecule has 20 heavy (non-hydrogen) atoms. The zero-order valence-electron chi connectivity index (χ0n) is 11.5. The Morgan fingerprint density at radius 3 is 2.55 bits per heavy atom. The van der Waals surface area contributed by atoms with Crippen LogP contribution in [-0.2, 0) is 4.79 Å². The lowest BCUT2D eigenvalue weighted by Gasteiger charge is -2.13. The normalized spacial score (nSPS) is 10.3. The molecule has 0 aromatic heterocycles. The van der Waals surface area contributed by atoms with Crippen LogP contribution in [0.25, 0.3) is 10.8 Å². The average Bonchev–Trinajstić information content (AvgIpc) is 2.43. The number of carbonyl (C=O) groups is 1. The first-order chi connectivity index (χ1) is 9.54. The minimum Gasteiger partial charge on any atom is -0.504 e. The van der Waals surface area contributed by atoms with Gasteiger partial charge in [0.25, 0.3) is 0 Å². The molecule has 4 nitrogen and oxygen atoms in total. The standard InChI is InChI=1S/C16H16O4/c1-4-19-14-9-13(17)15(20-16(18)10(2)3)12-8-6-5-7-11(12)14/h5-9,17H,2,4H2,1,3H3. The van der Waals surface area contributed by atoms with E-state index in [1.165, 1.54) is 6.07 Å². The summed E-state index contributed by atoms with van der Waals surface area (Å²) in [6, 6.07) is 8.71. The summed E-state index contributed by atoms with van der Waals surface area (Å²) in [6.45, 7) is 7.42. The van der Waals surface area contributed by atoms with Crippen LogP contribution in [0, 0.1) is 0 Å². The number of fused-ring (bicyclic) bond motifs is 1. The summed E-state index contributed by atoms with van der Waals surface area (Å²) in [5, 5.41) is 11.5. The topological polar surface area (TPSA) is 55.8 Å². The molecular formula is C16H16O4. The molecule has 2 rings (SSSR count). The van der Waals surface area contributed by atoms with Gasteiger partial charge in [-0.1, -0.05) is 30.8 Å². The van der Waals surface area contributed by atoms with Gasteiger partial charge < -0.3 is 14.6 Å². The molecule has 0 aliphatic rings. The van der Waals surface area contributed by atoms with Gasteiger partial charge in [-0.2, -0.15) is 0 Å². The Hall–Kier alpha value is -2.49. The van der Waals surface area contributed by atoms with Crippen molar-refractivity contribution < 1.29 is 19.4 Å². The van der Waals surface area contributed by atoms with Crippen molar-refractivity contribution in [3.05, 3.63) is 42.5 Å². The fourth-order valence-electron chi connectivity index (χ4n) is 1.86. The molecule has 0 heterocycles. The van der Waals surface area contributed by atoms with Crippen LogP contribution in [0.2, 0.25) is 0 Å². The van der Waals surface area contributed by atoms with Gasteiger partial charge in [0, 0.05) is 22.4 Å². The smallest absolute Gasteiger partial charge is 0.338 e. The summed E-state index contributed by atoms with van der Waals surface area (Å²) < 4.78 is 10.7. The Morgan fingerprint density at radius 1 is 1.30 bits per heavy atom. The highest BCUT2D eigenvalue weighted by Crippen LogP contribution is 2.41. The lowest BCUT2D eigenvalue weighted by molar-refractivity contribution is -0.130. The van der Waals surface area contributed by atoms with Gasteiger partial charge in [0.15, 0.2) is 11.5 Å². The molecule has 0 unspecified atom stereocenters. The highest BCUT2D eigenvalue weighted by Gasteiger charge is 2.16. The molecular weight excluding hydrogens is 256 g/mol. The molecule has 0 aliphatic carbocycles.